The zero-order valence-electron chi connectivity index (χ0n) is 19.5. The first-order valence-electron chi connectivity index (χ1n) is 11.7. The third kappa shape index (κ3) is 4.01. The first-order chi connectivity index (χ1) is 17.9. The number of amides is 1. The molecular formula is C27H21N5O4S. The van der Waals surface area contributed by atoms with Gasteiger partial charge in [0.15, 0.2) is 0 Å². The maximum atomic E-state index is 12.8. The van der Waals surface area contributed by atoms with Gasteiger partial charge < -0.3 is 20.9 Å². The van der Waals surface area contributed by atoms with E-state index in [9.17, 15) is 19.2 Å². The van der Waals surface area contributed by atoms with Crippen LogP contribution in [0.2, 0.25) is 0 Å². The van der Waals surface area contributed by atoms with E-state index < -0.39 is 16.8 Å². The van der Waals surface area contributed by atoms with Crippen molar-refractivity contribution in [2.75, 3.05) is 17.2 Å². The van der Waals surface area contributed by atoms with Crippen LogP contribution in [-0.2, 0) is 19.5 Å². The molecule has 2 aromatic heterocycles. The van der Waals surface area contributed by atoms with Crippen LogP contribution in [-0.4, -0.2) is 22.4 Å². The lowest BCUT2D eigenvalue weighted by Crippen LogP contribution is -2.44. The molecule has 0 fully saturated rings. The van der Waals surface area contributed by atoms with Crippen molar-refractivity contribution in [2.45, 2.75) is 19.5 Å². The standard InChI is InChI=1S/C27H21N5O4S/c28-20-21(23(34)22(20)33)32-9-8-15-7-6-14(10-17(15)13-32)12-29-26(36)24-30-25(35)18-11-19(37-27(18)31-24)16-4-2-1-3-5-16/h1-7,10-11H,8-9,12-13,28H2,(H,29,36)(H,30,31,35). The van der Waals surface area contributed by atoms with Gasteiger partial charge in [-0.25, -0.2) is 4.98 Å². The minimum Gasteiger partial charge on any atom is -0.394 e. The number of nitrogens with one attached hydrogen (secondary N) is 2. The Morgan fingerprint density at radius 2 is 1.86 bits per heavy atom. The minimum atomic E-state index is -0.624. The number of carbonyl (C=O) groups is 1. The number of carbonyl (C=O) groups excluding carboxylic acids is 1. The number of nitrogen functional groups attached to an aromatic ring is 1. The number of aromatic nitrogens is 2. The van der Waals surface area contributed by atoms with Gasteiger partial charge in [-0.05, 0) is 34.7 Å². The van der Waals surface area contributed by atoms with Gasteiger partial charge in [0.25, 0.3) is 22.3 Å². The molecule has 0 atom stereocenters. The number of rotatable bonds is 5. The van der Waals surface area contributed by atoms with Crippen molar-refractivity contribution in [1.82, 2.24) is 15.3 Å². The Morgan fingerprint density at radius 1 is 1.05 bits per heavy atom. The highest BCUT2D eigenvalue weighted by molar-refractivity contribution is 7.21. The SMILES string of the molecule is Nc1c(N2CCc3ccc(CNC(=O)c4nc5sc(-c6ccccc6)cc5c(=O)[nH]4)cc3C2)c(=O)c1=O. The molecule has 10 heteroatoms. The highest BCUT2D eigenvalue weighted by Gasteiger charge is 2.27. The minimum absolute atomic E-state index is 0.0250. The Morgan fingerprint density at radius 3 is 2.65 bits per heavy atom. The third-order valence-corrected chi connectivity index (χ3v) is 7.73. The molecule has 0 radical (unpaired) electrons. The number of nitrogens with zero attached hydrogens (tertiary/aromatic N) is 2. The molecule has 0 saturated carbocycles. The van der Waals surface area contributed by atoms with Crippen molar-refractivity contribution in [1.29, 1.82) is 0 Å². The van der Waals surface area contributed by atoms with E-state index in [1.807, 2.05) is 53.4 Å². The van der Waals surface area contributed by atoms with E-state index in [0.29, 0.717) is 29.0 Å². The quantitative estimate of drug-likeness (QED) is 0.308. The van der Waals surface area contributed by atoms with Gasteiger partial charge in [-0.1, -0.05) is 48.5 Å². The lowest BCUT2D eigenvalue weighted by molar-refractivity contribution is 0.0940. The first-order valence-corrected chi connectivity index (χ1v) is 12.5. The molecule has 37 heavy (non-hydrogen) atoms. The van der Waals surface area contributed by atoms with E-state index in [-0.39, 0.29) is 23.6 Å². The van der Waals surface area contributed by atoms with Gasteiger partial charge in [0.05, 0.1) is 5.39 Å². The number of aromatic amines is 1. The Hall–Kier alpha value is -4.57. The van der Waals surface area contributed by atoms with E-state index in [2.05, 4.69) is 15.3 Å². The van der Waals surface area contributed by atoms with Crippen LogP contribution >= 0.6 is 11.3 Å². The smallest absolute Gasteiger partial charge is 0.287 e. The van der Waals surface area contributed by atoms with Crippen molar-refractivity contribution in [3.63, 3.8) is 0 Å². The van der Waals surface area contributed by atoms with Crippen LogP contribution in [0.25, 0.3) is 20.7 Å². The maximum absolute atomic E-state index is 12.8. The average Bonchev–Trinajstić information content (AvgIpc) is 3.37. The van der Waals surface area contributed by atoms with Crippen LogP contribution in [0.4, 0.5) is 11.4 Å². The average molecular weight is 512 g/mol. The highest BCUT2D eigenvalue weighted by atomic mass is 32.1. The molecule has 1 aliphatic heterocycles. The number of H-pyrrole nitrogens is 1. The van der Waals surface area contributed by atoms with Gasteiger partial charge >= 0.3 is 0 Å². The Kier molecular flexibility index (Phi) is 5.45. The van der Waals surface area contributed by atoms with Crippen molar-refractivity contribution < 1.29 is 4.79 Å². The fourth-order valence-corrected chi connectivity index (χ4v) is 5.71. The fraction of sp³-hybridized carbons (Fsp3) is 0.148. The summed E-state index contributed by atoms with van der Waals surface area (Å²) < 4.78 is 0. The summed E-state index contributed by atoms with van der Waals surface area (Å²) in [4.78, 5) is 59.1. The van der Waals surface area contributed by atoms with E-state index in [1.165, 1.54) is 11.3 Å². The van der Waals surface area contributed by atoms with Gasteiger partial charge in [-0.3, -0.25) is 19.2 Å². The van der Waals surface area contributed by atoms with Crippen LogP contribution < -0.4 is 32.4 Å². The molecule has 4 N–H and O–H groups in total. The molecule has 6 rings (SSSR count). The summed E-state index contributed by atoms with van der Waals surface area (Å²) >= 11 is 1.36. The van der Waals surface area contributed by atoms with Crippen LogP contribution in [0, 0.1) is 0 Å². The van der Waals surface area contributed by atoms with Gasteiger partial charge in [-0.15, -0.1) is 11.3 Å². The summed E-state index contributed by atoms with van der Waals surface area (Å²) in [6.45, 7) is 1.30. The topological polar surface area (TPSA) is 138 Å². The lowest BCUT2D eigenvalue weighted by atomic mass is 9.96. The molecular weight excluding hydrogens is 490 g/mol. The van der Waals surface area contributed by atoms with E-state index in [0.717, 1.165) is 33.6 Å². The number of anilines is 2. The number of hydrogen-bond acceptors (Lipinski definition) is 8. The second kappa shape index (κ2) is 8.82. The summed E-state index contributed by atoms with van der Waals surface area (Å²) in [5.74, 6) is -0.525. The summed E-state index contributed by atoms with van der Waals surface area (Å²) in [7, 11) is 0. The zero-order chi connectivity index (χ0) is 25.7. The molecule has 0 saturated heterocycles. The van der Waals surface area contributed by atoms with Crippen molar-refractivity contribution in [3.05, 3.63) is 108 Å². The Balaban J connectivity index is 1.18. The van der Waals surface area contributed by atoms with Crippen molar-refractivity contribution in [3.8, 4) is 10.4 Å². The van der Waals surface area contributed by atoms with Gasteiger partial charge in [0, 0.05) is 24.5 Å². The highest BCUT2D eigenvalue weighted by Crippen LogP contribution is 2.31. The van der Waals surface area contributed by atoms with Crippen LogP contribution in [0.3, 0.4) is 0 Å². The molecule has 184 valence electrons. The summed E-state index contributed by atoms with van der Waals surface area (Å²) in [6.07, 6.45) is 0.719. The third-order valence-electron chi connectivity index (χ3n) is 6.65. The maximum Gasteiger partial charge on any atom is 0.287 e. The van der Waals surface area contributed by atoms with E-state index >= 15 is 0 Å². The van der Waals surface area contributed by atoms with E-state index in [4.69, 9.17) is 5.73 Å². The number of nitrogens with two attached hydrogens (primary N) is 1. The Labute approximate surface area is 213 Å². The largest absolute Gasteiger partial charge is 0.394 e. The monoisotopic (exact) mass is 511 g/mol. The van der Waals surface area contributed by atoms with Crippen LogP contribution in [0.1, 0.15) is 27.3 Å². The number of fused-ring (bicyclic) bond motifs is 2. The van der Waals surface area contributed by atoms with Crippen molar-refractivity contribution >= 4 is 38.8 Å². The molecule has 5 aromatic rings. The Bertz CT molecular complexity index is 1820. The molecule has 0 bridgehead atoms. The number of benzene rings is 2. The van der Waals surface area contributed by atoms with Gasteiger partial charge in [0.1, 0.15) is 16.2 Å². The van der Waals surface area contributed by atoms with Crippen molar-refractivity contribution in [2.24, 2.45) is 0 Å². The molecule has 0 unspecified atom stereocenters. The van der Waals surface area contributed by atoms with Gasteiger partial charge in [0.2, 0.25) is 5.82 Å². The number of hydrogen-bond donors (Lipinski definition) is 3. The molecule has 1 amide bonds. The molecule has 0 spiro atoms. The van der Waals surface area contributed by atoms with Crippen LogP contribution in [0.15, 0.2) is 69.0 Å². The number of thiophene rings is 1. The van der Waals surface area contributed by atoms with E-state index in [1.54, 1.807) is 6.07 Å². The second-order valence-corrected chi connectivity index (χ2v) is 10.0. The zero-order valence-corrected chi connectivity index (χ0v) is 20.4. The summed E-state index contributed by atoms with van der Waals surface area (Å²) in [5, 5.41) is 3.27. The predicted octanol–water partition coefficient (Wildman–Crippen LogP) is 2.32. The van der Waals surface area contributed by atoms with Crippen LogP contribution in [0.5, 0.6) is 0 Å². The molecule has 3 aromatic carbocycles. The lowest BCUT2D eigenvalue weighted by Gasteiger charge is -2.32. The molecule has 1 aliphatic rings. The summed E-state index contributed by atoms with van der Waals surface area (Å²) in [5.41, 5.74) is 8.53. The predicted molar refractivity (Wildman–Crippen MR) is 144 cm³/mol. The molecule has 3 heterocycles. The first kappa shape index (κ1) is 22.9. The summed E-state index contributed by atoms with van der Waals surface area (Å²) in [6, 6.07) is 17.4. The molecule has 9 nitrogen and oxygen atoms in total. The fourth-order valence-electron chi connectivity index (χ4n) is 4.67. The van der Waals surface area contributed by atoms with Gasteiger partial charge in [-0.2, -0.15) is 0 Å². The second-order valence-electron chi connectivity index (χ2n) is 8.99. The normalized spacial score (nSPS) is 13.1. The molecule has 0 aliphatic carbocycles.